The molecule has 4 aliphatic heterocycles. The van der Waals surface area contributed by atoms with E-state index in [-0.39, 0.29) is 6.47 Å². The first kappa shape index (κ1) is 45.4. The standard InChI is InChI=1S/C32H56O22/c1-11(2)47-30-24(44)23(43)27(18(9-36)51-30)52-31-25(45)28(22(42)17(8-35)50-31)54-32(46-10-37)5-15(12(3)26(53-32)20(40)14(38)6-33)48-29-13(4)19(39)21(41)16(7-34)49-29/h10-31,33-36,38-45H,5-9H2,1-4H3/t12-,13?,14-,15-,16?,17?,18?,19-,20-,21+,22+,23-,24?,25?,26?,27-,28+,29-,30-,31+,32+/m1/s1. The summed E-state index contributed by atoms with van der Waals surface area (Å²) in [4.78, 5) is 12.0. The Morgan fingerprint density at radius 3 is 1.87 bits per heavy atom. The second kappa shape index (κ2) is 19.4. The Bertz CT molecular complexity index is 1150. The maximum Gasteiger partial charge on any atom is 0.332 e. The molecule has 0 bridgehead atoms. The zero-order valence-electron chi connectivity index (χ0n) is 30.2. The SMILES string of the molecule is CC(C)O[C@@H]1OC(CO)[C@@H](O[C@@H]2OC(CO)[C@H](O)[C@H](O[C@]3(OC=O)C[C@@H](O[C@@H]4OC(CO)[C@H](O)[C@H](O)C4C)[C@@H](C)C([C@H](O)[C@H](O)CO)O3)C2O)[C@H](O)C1O. The molecule has 0 aromatic carbocycles. The predicted octanol–water partition coefficient (Wildman–Crippen LogP) is -6.51. The highest BCUT2D eigenvalue weighted by Gasteiger charge is 2.59. The molecule has 21 atom stereocenters. The highest BCUT2D eigenvalue weighted by Crippen LogP contribution is 2.42. The average Bonchev–Trinajstić information content (AvgIpc) is 3.14. The summed E-state index contributed by atoms with van der Waals surface area (Å²) in [5.74, 6) is -4.61. The van der Waals surface area contributed by atoms with Gasteiger partial charge in [0.15, 0.2) is 18.9 Å². The molecular weight excluding hydrogens is 736 g/mol. The Morgan fingerprint density at radius 1 is 0.704 bits per heavy atom. The summed E-state index contributed by atoms with van der Waals surface area (Å²) in [5.41, 5.74) is 0. The van der Waals surface area contributed by atoms with Crippen molar-refractivity contribution < 1.29 is 109 Å². The van der Waals surface area contributed by atoms with Gasteiger partial charge in [-0.2, -0.15) is 0 Å². The Labute approximate surface area is 310 Å². The summed E-state index contributed by atoms with van der Waals surface area (Å²) in [7, 11) is 0. The molecular formula is C32H56O22. The van der Waals surface area contributed by atoms with Gasteiger partial charge in [0.2, 0.25) is 0 Å². The van der Waals surface area contributed by atoms with Gasteiger partial charge < -0.3 is 104 Å². The molecule has 4 saturated heterocycles. The third-order valence-electron chi connectivity index (χ3n) is 10.2. The summed E-state index contributed by atoms with van der Waals surface area (Å²) in [5, 5.41) is 126. The van der Waals surface area contributed by atoms with Gasteiger partial charge in [-0.05, 0) is 13.8 Å². The Hall–Kier alpha value is -1.33. The van der Waals surface area contributed by atoms with Crippen LogP contribution in [0.1, 0.15) is 34.1 Å². The van der Waals surface area contributed by atoms with Crippen LogP contribution in [0.5, 0.6) is 0 Å². The molecule has 4 heterocycles. The van der Waals surface area contributed by atoms with E-state index >= 15 is 0 Å². The van der Waals surface area contributed by atoms with Gasteiger partial charge >= 0.3 is 5.97 Å². The Kier molecular flexibility index (Phi) is 16.3. The van der Waals surface area contributed by atoms with Crippen LogP contribution >= 0.6 is 0 Å². The van der Waals surface area contributed by atoms with Crippen LogP contribution in [-0.2, 0) is 47.4 Å². The van der Waals surface area contributed by atoms with Crippen molar-refractivity contribution in [3.8, 4) is 0 Å². The van der Waals surface area contributed by atoms with Gasteiger partial charge in [0.25, 0.3) is 6.47 Å². The summed E-state index contributed by atoms with van der Waals surface area (Å²) in [6.45, 7) is 2.76. The maximum atomic E-state index is 12.0. The normalized spacial score (nSPS) is 47.3. The minimum Gasteiger partial charge on any atom is -0.410 e. The molecule has 0 aromatic rings. The van der Waals surface area contributed by atoms with Crippen molar-refractivity contribution in [1.82, 2.24) is 0 Å². The van der Waals surface area contributed by atoms with E-state index in [1.807, 2.05) is 0 Å². The molecule has 0 spiro atoms. The van der Waals surface area contributed by atoms with Crippen molar-refractivity contribution in [2.45, 2.75) is 157 Å². The van der Waals surface area contributed by atoms with Crippen LogP contribution in [0.25, 0.3) is 0 Å². The topological polar surface area (TPSA) is 343 Å². The summed E-state index contributed by atoms with van der Waals surface area (Å²) in [6.07, 6.45) is -30.6. The van der Waals surface area contributed by atoms with Crippen molar-refractivity contribution in [3.05, 3.63) is 0 Å². The van der Waals surface area contributed by atoms with Crippen molar-refractivity contribution in [2.24, 2.45) is 11.8 Å². The molecule has 4 aliphatic rings. The van der Waals surface area contributed by atoms with Crippen LogP contribution in [0.15, 0.2) is 0 Å². The minimum atomic E-state index is -2.71. The Balaban J connectivity index is 1.66. The second-order valence-electron chi connectivity index (χ2n) is 14.3. The fourth-order valence-electron chi connectivity index (χ4n) is 6.96. The average molecular weight is 793 g/mol. The lowest BCUT2D eigenvalue weighted by atomic mass is 9.86. The number of ether oxygens (including phenoxy) is 9. The minimum absolute atomic E-state index is 0.130. The van der Waals surface area contributed by atoms with Crippen molar-refractivity contribution in [2.75, 3.05) is 26.4 Å². The first-order valence-electron chi connectivity index (χ1n) is 17.8. The largest absolute Gasteiger partial charge is 0.410 e. The van der Waals surface area contributed by atoms with Crippen LogP contribution in [-0.4, -0.2) is 217 Å². The molecule has 0 aromatic heterocycles. The molecule has 22 heteroatoms. The van der Waals surface area contributed by atoms with E-state index in [1.165, 1.54) is 13.8 Å². The highest BCUT2D eigenvalue weighted by atomic mass is 16.9. The van der Waals surface area contributed by atoms with Gasteiger partial charge in [0.05, 0.1) is 57.3 Å². The van der Waals surface area contributed by atoms with Crippen LogP contribution in [0.4, 0.5) is 0 Å². The van der Waals surface area contributed by atoms with E-state index in [0.29, 0.717) is 0 Å². The molecule has 0 saturated carbocycles. The summed E-state index contributed by atoms with van der Waals surface area (Å²) in [6, 6.07) is 0. The molecule has 4 rings (SSSR count). The number of hydrogen-bond donors (Lipinski definition) is 12. The maximum absolute atomic E-state index is 12.0. The van der Waals surface area contributed by atoms with Crippen molar-refractivity contribution in [3.63, 3.8) is 0 Å². The van der Waals surface area contributed by atoms with Crippen molar-refractivity contribution in [1.29, 1.82) is 0 Å². The molecule has 0 radical (unpaired) electrons. The number of hydrogen-bond acceptors (Lipinski definition) is 22. The van der Waals surface area contributed by atoms with Crippen molar-refractivity contribution >= 4 is 6.47 Å². The number of carbonyl (C=O) groups excluding carboxylic acids is 1. The second-order valence-corrected chi connectivity index (χ2v) is 14.3. The van der Waals surface area contributed by atoms with Gasteiger partial charge in [-0.25, -0.2) is 0 Å². The molecule has 7 unspecified atom stereocenters. The third-order valence-corrected chi connectivity index (χ3v) is 10.2. The van der Waals surface area contributed by atoms with Crippen LogP contribution in [0, 0.1) is 11.8 Å². The van der Waals surface area contributed by atoms with E-state index in [1.54, 1.807) is 13.8 Å². The third kappa shape index (κ3) is 9.67. The first-order valence-corrected chi connectivity index (χ1v) is 17.8. The zero-order valence-corrected chi connectivity index (χ0v) is 30.2. The van der Waals surface area contributed by atoms with E-state index in [0.717, 1.165) is 0 Å². The molecule has 316 valence electrons. The lowest BCUT2D eigenvalue weighted by Crippen LogP contribution is -2.67. The van der Waals surface area contributed by atoms with Gasteiger partial charge in [0, 0.05) is 11.8 Å². The monoisotopic (exact) mass is 792 g/mol. The van der Waals surface area contributed by atoms with E-state index in [2.05, 4.69) is 0 Å². The van der Waals surface area contributed by atoms with Gasteiger partial charge in [-0.3, -0.25) is 4.79 Å². The fraction of sp³-hybridized carbons (Fsp3) is 0.969. The number of aliphatic hydroxyl groups is 12. The molecule has 54 heavy (non-hydrogen) atoms. The Morgan fingerprint density at radius 2 is 1.30 bits per heavy atom. The van der Waals surface area contributed by atoms with Crippen LogP contribution in [0.3, 0.4) is 0 Å². The predicted molar refractivity (Wildman–Crippen MR) is 171 cm³/mol. The van der Waals surface area contributed by atoms with Gasteiger partial charge in [0.1, 0.15) is 73.2 Å². The first-order chi connectivity index (χ1) is 25.5. The molecule has 4 fully saturated rings. The summed E-state index contributed by atoms with van der Waals surface area (Å²) < 4.78 is 51.5. The number of carbonyl (C=O) groups is 1. The van der Waals surface area contributed by atoms with Gasteiger partial charge in [-0.1, -0.05) is 13.8 Å². The zero-order chi connectivity index (χ0) is 40.2. The highest BCUT2D eigenvalue weighted by molar-refractivity contribution is 5.37. The summed E-state index contributed by atoms with van der Waals surface area (Å²) >= 11 is 0. The van der Waals surface area contributed by atoms with E-state index < -0.39 is 167 Å². The van der Waals surface area contributed by atoms with Crippen LogP contribution in [0.2, 0.25) is 0 Å². The fourth-order valence-corrected chi connectivity index (χ4v) is 6.96. The smallest absolute Gasteiger partial charge is 0.332 e. The lowest BCUT2D eigenvalue weighted by Gasteiger charge is -2.52. The van der Waals surface area contributed by atoms with E-state index in [4.69, 9.17) is 42.6 Å². The van der Waals surface area contributed by atoms with Gasteiger partial charge in [-0.15, -0.1) is 0 Å². The lowest BCUT2D eigenvalue weighted by molar-refractivity contribution is -0.454. The number of aliphatic hydroxyl groups excluding tert-OH is 12. The molecule has 0 aliphatic carbocycles. The van der Waals surface area contributed by atoms with E-state index in [9.17, 15) is 66.1 Å². The molecule has 0 amide bonds. The molecule has 22 nitrogen and oxygen atoms in total. The number of rotatable bonds is 16. The quantitative estimate of drug-likeness (QED) is 0.0511. The van der Waals surface area contributed by atoms with Crippen LogP contribution < -0.4 is 0 Å². The molecule has 12 N–H and O–H groups in total.